The molecule has 0 aliphatic heterocycles. The number of nitrogen functional groups attached to an aromatic ring is 1. The van der Waals surface area contributed by atoms with Gasteiger partial charge in [0.25, 0.3) is 0 Å². The third-order valence-corrected chi connectivity index (χ3v) is 2.92. The van der Waals surface area contributed by atoms with Gasteiger partial charge in [0.1, 0.15) is 0 Å². The van der Waals surface area contributed by atoms with Gasteiger partial charge in [0, 0.05) is 32.2 Å². The Balaban J connectivity index is 2.18. The highest BCUT2D eigenvalue weighted by atomic mass is 16.5. The van der Waals surface area contributed by atoms with E-state index in [1.165, 1.54) is 0 Å². The van der Waals surface area contributed by atoms with Crippen molar-refractivity contribution in [2.75, 3.05) is 39.3 Å². The molecule has 0 saturated carbocycles. The second-order valence-electron chi connectivity index (χ2n) is 4.44. The SMILES string of the molecule is COCCCOCCOCc1ncc(C)c(N)c1C. The number of methoxy groups -OCH3 is 1. The molecule has 5 heteroatoms. The van der Waals surface area contributed by atoms with Gasteiger partial charge < -0.3 is 19.9 Å². The van der Waals surface area contributed by atoms with Gasteiger partial charge in [-0.1, -0.05) is 0 Å². The normalized spacial score (nSPS) is 10.9. The second kappa shape index (κ2) is 8.85. The zero-order chi connectivity index (χ0) is 14.1. The van der Waals surface area contributed by atoms with Gasteiger partial charge in [0.05, 0.1) is 25.5 Å². The number of hydrogen-bond donors (Lipinski definition) is 1. The van der Waals surface area contributed by atoms with Gasteiger partial charge in [-0.2, -0.15) is 0 Å². The monoisotopic (exact) mass is 268 g/mol. The Hall–Kier alpha value is -1.17. The largest absolute Gasteiger partial charge is 0.398 e. The van der Waals surface area contributed by atoms with E-state index in [9.17, 15) is 0 Å². The first-order chi connectivity index (χ1) is 9.16. The fraction of sp³-hybridized carbons (Fsp3) is 0.643. The van der Waals surface area contributed by atoms with Crippen LogP contribution in [-0.4, -0.2) is 38.5 Å². The molecule has 0 amide bonds. The van der Waals surface area contributed by atoms with E-state index in [0.29, 0.717) is 26.4 Å². The third-order valence-electron chi connectivity index (χ3n) is 2.92. The van der Waals surface area contributed by atoms with Crippen molar-refractivity contribution in [1.29, 1.82) is 0 Å². The highest BCUT2D eigenvalue weighted by Crippen LogP contribution is 2.18. The van der Waals surface area contributed by atoms with Crippen molar-refractivity contribution in [3.05, 3.63) is 23.0 Å². The molecular weight excluding hydrogens is 244 g/mol. The van der Waals surface area contributed by atoms with E-state index >= 15 is 0 Å². The van der Waals surface area contributed by atoms with Gasteiger partial charge in [-0.3, -0.25) is 4.98 Å². The standard InChI is InChI=1S/C14H24N2O3/c1-11-9-16-13(12(2)14(11)15)10-19-8-7-18-6-4-5-17-3/h9H,4-8,10H2,1-3H3,(H2,15,16). The number of aryl methyl sites for hydroxylation is 1. The lowest BCUT2D eigenvalue weighted by molar-refractivity contribution is 0.0326. The lowest BCUT2D eigenvalue weighted by Gasteiger charge is -2.10. The number of nitrogens with two attached hydrogens (primary N) is 1. The van der Waals surface area contributed by atoms with E-state index in [1.54, 1.807) is 13.3 Å². The average molecular weight is 268 g/mol. The van der Waals surface area contributed by atoms with Crippen LogP contribution in [0.1, 0.15) is 23.2 Å². The highest BCUT2D eigenvalue weighted by Gasteiger charge is 2.05. The number of anilines is 1. The Bertz CT molecular complexity index is 383. The average Bonchev–Trinajstić information content (AvgIpc) is 2.41. The van der Waals surface area contributed by atoms with Crippen LogP contribution in [0.4, 0.5) is 5.69 Å². The lowest BCUT2D eigenvalue weighted by atomic mass is 10.1. The molecule has 2 N–H and O–H groups in total. The Labute approximate surface area is 115 Å². The van der Waals surface area contributed by atoms with Gasteiger partial charge in [-0.15, -0.1) is 0 Å². The highest BCUT2D eigenvalue weighted by molar-refractivity contribution is 5.53. The number of nitrogens with zero attached hydrogens (tertiary/aromatic N) is 1. The summed E-state index contributed by atoms with van der Waals surface area (Å²) in [5.74, 6) is 0. The van der Waals surface area contributed by atoms with E-state index in [4.69, 9.17) is 19.9 Å². The first-order valence-electron chi connectivity index (χ1n) is 6.51. The molecule has 0 atom stereocenters. The Kier molecular flexibility index (Phi) is 7.40. The molecule has 0 fully saturated rings. The summed E-state index contributed by atoms with van der Waals surface area (Å²) in [6.07, 6.45) is 2.69. The summed E-state index contributed by atoms with van der Waals surface area (Å²) in [5.41, 5.74) is 9.64. The topological polar surface area (TPSA) is 66.6 Å². The van der Waals surface area contributed by atoms with Crippen LogP contribution in [0.5, 0.6) is 0 Å². The van der Waals surface area contributed by atoms with Crippen LogP contribution >= 0.6 is 0 Å². The van der Waals surface area contributed by atoms with E-state index in [2.05, 4.69) is 4.98 Å². The van der Waals surface area contributed by atoms with E-state index in [1.807, 2.05) is 13.8 Å². The maximum atomic E-state index is 5.95. The lowest BCUT2D eigenvalue weighted by Crippen LogP contribution is -2.08. The minimum atomic E-state index is 0.470. The predicted molar refractivity (Wildman–Crippen MR) is 75.1 cm³/mol. The molecule has 0 saturated heterocycles. The molecule has 5 nitrogen and oxygen atoms in total. The summed E-state index contributed by atoms with van der Waals surface area (Å²) < 4.78 is 15.9. The Morgan fingerprint density at radius 2 is 1.84 bits per heavy atom. The number of hydrogen-bond acceptors (Lipinski definition) is 5. The van der Waals surface area contributed by atoms with Crippen molar-refractivity contribution in [3.8, 4) is 0 Å². The summed E-state index contributed by atoms with van der Waals surface area (Å²) in [6.45, 7) is 6.96. The van der Waals surface area contributed by atoms with Crippen molar-refractivity contribution in [3.63, 3.8) is 0 Å². The molecule has 1 rings (SSSR count). The Morgan fingerprint density at radius 3 is 2.58 bits per heavy atom. The van der Waals surface area contributed by atoms with Gasteiger partial charge in [-0.25, -0.2) is 0 Å². The summed E-state index contributed by atoms with van der Waals surface area (Å²) in [7, 11) is 1.69. The van der Waals surface area contributed by atoms with Gasteiger partial charge in [0.2, 0.25) is 0 Å². The Morgan fingerprint density at radius 1 is 1.11 bits per heavy atom. The molecule has 0 unspecified atom stereocenters. The molecular formula is C14H24N2O3. The van der Waals surface area contributed by atoms with Crippen LogP contribution in [0, 0.1) is 13.8 Å². The van der Waals surface area contributed by atoms with Crippen LogP contribution in [-0.2, 0) is 20.8 Å². The van der Waals surface area contributed by atoms with Crippen molar-refractivity contribution < 1.29 is 14.2 Å². The van der Waals surface area contributed by atoms with Crippen LogP contribution in [0.3, 0.4) is 0 Å². The van der Waals surface area contributed by atoms with Crippen molar-refractivity contribution in [2.24, 2.45) is 0 Å². The summed E-state index contributed by atoms with van der Waals surface area (Å²) in [6, 6.07) is 0. The molecule has 19 heavy (non-hydrogen) atoms. The smallest absolute Gasteiger partial charge is 0.0892 e. The zero-order valence-electron chi connectivity index (χ0n) is 12.1. The molecule has 0 aliphatic rings. The summed E-state index contributed by atoms with van der Waals surface area (Å²) in [4.78, 5) is 4.33. The van der Waals surface area contributed by atoms with E-state index in [-0.39, 0.29) is 0 Å². The maximum absolute atomic E-state index is 5.95. The molecule has 0 radical (unpaired) electrons. The zero-order valence-corrected chi connectivity index (χ0v) is 12.1. The van der Waals surface area contributed by atoms with E-state index in [0.717, 1.165) is 35.5 Å². The van der Waals surface area contributed by atoms with Crippen LogP contribution in [0.25, 0.3) is 0 Å². The maximum Gasteiger partial charge on any atom is 0.0892 e. The third kappa shape index (κ3) is 5.55. The number of aromatic nitrogens is 1. The van der Waals surface area contributed by atoms with Crippen molar-refractivity contribution in [1.82, 2.24) is 4.98 Å². The van der Waals surface area contributed by atoms with Crippen LogP contribution < -0.4 is 5.73 Å². The fourth-order valence-electron chi connectivity index (χ4n) is 1.63. The minimum absolute atomic E-state index is 0.470. The van der Waals surface area contributed by atoms with Crippen molar-refractivity contribution in [2.45, 2.75) is 26.9 Å². The molecule has 1 heterocycles. The molecule has 0 bridgehead atoms. The molecule has 0 spiro atoms. The molecule has 0 aliphatic carbocycles. The quantitative estimate of drug-likeness (QED) is 0.692. The van der Waals surface area contributed by atoms with Gasteiger partial charge in [0.15, 0.2) is 0 Å². The van der Waals surface area contributed by atoms with Crippen LogP contribution in [0.2, 0.25) is 0 Å². The first kappa shape index (κ1) is 15.9. The predicted octanol–water partition coefficient (Wildman–Crippen LogP) is 1.85. The van der Waals surface area contributed by atoms with Crippen molar-refractivity contribution >= 4 is 5.69 Å². The fourth-order valence-corrected chi connectivity index (χ4v) is 1.63. The summed E-state index contributed by atoms with van der Waals surface area (Å²) >= 11 is 0. The van der Waals surface area contributed by atoms with Gasteiger partial charge in [-0.05, 0) is 31.4 Å². The molecule has 108 valence electrons. The van der Waals surface area contributed by atoms with E-state index < -0.39 is 0 Å². The molecule has 1 aromatic rings. The number of ether oxygens (including phenoxy) is 3. The minimum Gasteiger partial charge on any atom is -0.398 e. The van der Waals surface area contributed by atoms with Gasteiger partial charge >= 0.3 is 0 Å². The summed E-state index contributed by atoms with van der Waals surface area (Å²) in [5, 5.41) is 0. The number of rotatable bonds is 9. The first-order valence-corrected chi connectivity index (χ1v) is 6.51. The molecule has 0 aromatic carbocycles. The second-order valence-corrected chi connectivity index (χ2v) is 4.44. The molecule has 1 aromatic heterocycles. The number of pyridine rings is 1. The van der Waals surface area contributed by atoms with Crippen LogP contribution in [0.15, 0.2) is 6.20 Å².